The minimum Gasteiger partial charge on any atom is -0.376 e. The lowest BCUT2D eigenvalue weighted by Gasteiger charge is -2.14. The summed E-state index contributed by atoms with van der Waals surface area (Å²) in [5.41, 5.74) is 5.35. The number of aromatic nitrogens is 1. The normalized spacial score (nSPS) is 16.8. The first-order valence-corrected chi connectivity index (χ1v) is 9.72. The Bertz CT molecular complexity index is 911. The number of ether oxygens (including phenoxy) is 1. The molecule has 1 aliphatic heterocycles. The van der Waals surface area contributed by atoms with E-state index in [1.54, 1.807) is 6.08 Å². The van der Waals surface area contributed by atoms with Crippen LogP contribution in [0, 0.1) is 32.1 Å². The number of amides is 1. The van der Waals surface area contributed by atoms with Crippen molar-refractivity contribution in [1.29, 1.82) is 5.26 Å². The summed E-state index contributed by atoms with van der Waals surface area (Å²) in [6.45, 7) is 8.13. The van der Waals surface area contributed by atoms with Crippen LogP contribution < -0.4 is 5.32 Å². The van der Waals surface area contributed by atoms with Gasteiger partial charge >= 0.3 is 0 Å². The second kappa shape index (κ2) is 8.90. The van der Waals surface area contributed by atoms with Crippen molar-refractivity contribution in [1.82, 2.24) is 9.88 Å². The van der Waals surface area contributed by atoms with Crippen molar-refractivity contribution in [2.24, 2.45) is 0 Å². The van der Waals surface area contributed by atoms with Gasteiger partial charge in [-0.2, -0.15) is 5.26 Å². The SMILES string of the molecule is Cc1ccc(CNC(=O)/C(C#N)=C/c2cc(C)n(CC3CCCO3)c2C)cc1. The van der Waals surface area contributed by atoms with E-state index in [4.69, 9.17) is 4.74 Å². The van der Waals surface area contributed by atoms with Crippen molar-refractivity contribution in [3.8, 4) is 6.07 Å². The highest BCUT2D eigenvalue weighted by Crippen LogP contribution is 2.22. The molecule has 1 aromatic carbocycles. The van der Waals surface area contributed by atoms with E-state index in [0.717, 1.165) is 48.5 Å². The van der Waals surface area contributed by atoms with Crippen molar-refractivity contribution in [3.63, 3.8) is 0 Å². The van der Waals surface area contributed by atoms with Gasteiger partial charge in [0.1, 0.15) is 11.6 Å². The zero-order chi connectivity index (χ0) is 20.1. The van der Waals surface area contributed by atoms with E-state index in [2.05, 4.69) is 9.88 Å². The standard InChI is InChI=1S/C23H27N3O2/c1-16-6-8-19(9-7-16)14-25-23(27)21(13-24)12-20-11-17(2)26(18(20)3)15-22-5-4-10-28-22/h6-9,11-12,22H,4-5,10,14-15H2,1-3H3,(H,25,27)/b21-12+. The second-order valence-corrected chi connectivity index (χ2v) is 7.41. The van der Waals surface area contributed by atoms with E-state index in [9.17, 15) is 10.1 Å². The predicted molar refractivity (Wildman–Crippen MR) is 109 cm³/mol. The average molecular weight is 377 g/mol. The molecule has 1 amide bonds. The minimum atomic E-state index is -0.355. The van der Waals surface area contributed by atoms with Gasteiger partial charge in [0.25, 0.3) is 5.91 Å². The molecule has 1 atom stereocenters. The predicted octanol–water partition coefficient (Wildman–Crippen LogP) is 3.82. The first kappa shape index (κ1) is 19.9. The van der Waals surface area contributed by atoms with E-state index in [1.807, 2.05) is 57.2 Å². The zero-order valence-corrected chi connectivity index (χ0v) is 16.8. The number of aryl methyl sites for hydroxylation is 2. The van der Waals surface area contributed by atoms with E-state index in [0.29, 0.717) is 6.54 Å². The minimum absolute atomic E-state index is 0.115. The largest absolute Gasteiger partial charge is 0.376 e. The molecule has 146 valence electrons. The fraction of sp³-hybridized carbons (Fsp3) is 0.391. The Balaban J connectivity index is 1.71. The van der Waals surface area contributed by atoms with Gasteiger partial charge in [-0.05, 0) is 56.9 Å². The molecule has 1 fully saturated rings. The van der Waals surface area contributed by atoms with E-state index < -0.39 is 0 Å². The Labute approximate surface area is 166 Å². The molecule has 0 radical (unpaired) electrons. The summed E-state index contributed by atoms with van der Waals surface area (Å²) >= 11 is 0. The van der Waals surface area contributed by atoms with Crippen LogP contribution in [0.25, 0.3) is 6.08 Å². The highest BCUT2D eigenvalue weighted by Gasteiger charge is 2.19. The molecule has 3 rings (SSSR count). The van der Waals surface area contributed by atoms with Crippen LogP contribution in [-0.4, -0.2) is 23.2 Å². The highest BCUT2D eigenvalue weighted by molar-refractivity contribution is 6.01. The summed E-state index contributed by atoms with van der Waals surface area (Å²) in [5, 5.41) is 12.3. The molecule has 1 N–H and O–H groups in total. The number of carbonyl (C=O) groups excluding carboxylic acids is 1. The van der Waals surface area contributed by atoms with Crippen molar-refractivity contribution >= 4 is 12.0 Å². The Kier molecular flexibility index (Phi) is 6.33. The summed E-state index contributed by atoms with van der Waals surface area (Å²) in [7, 11) is 0. The fourth-order valence-electron chi connectivity index (χ4n) is 3.53. The van der Waals surface area contributed by atoms with Crippen LogP contribution in [0.15, 0.2) is 35.9 Å². The molecule has 1 aromatic heterocycles. The Morgan fingerprint density at radius 2 is 2.07 bits per heavy atom. The van der Waals surface area contributed by atoms with Crippen molar-refractivity contribution < 1.29 is 9.53 Å². The smallest absolute Gasteiger partial charge is 0.262 e. The number of nitrogens with zero attached hydrogens (tertiary/aromatic N) is 2. The van der Waals surface area contributed by atoms with Gasteiger partial charge in [0.15, 0.2) is 0 Å². The van der Waals surface area contributed by atoms with Crippen LogP contribution in [0.4, 0.5) is 0 Å². The molecular weight excluding hydrogens is 350 g/mol. The molecule has 0 spiro atoms. The summed E-state index contributed by atoms with van der Waals surface area (Å²) in [6, 6.07) is 12.0. The lowest BCUT2D eigenvalue weighted by Crippen LogP contribution is -2.24. The third kappa shape index (κ3) is 4.71. The van der Waals surface area contributed by atoms with Crippen molar-refractivity contribution in [2.45, 2.75) is 52.8 Å². The monoisotopic (exact) mass is 377 g/mol. The van der Waals surface area contributed by atoms with Gasteiger partial charge in [-0.3, -0.25) is 4.79 Å². The third-order valence-electron chi connectivity index (χ3n) is 5.26. The maximum Gasteiger partial charge on any atom is 0.262 e. The molecule has 2 heterocycles. The van der Waals surface area contributed by atoms with Gasteiger partial charge in [0.05, 0.1) is 6.10 Å². The maximum absolute atomic E-state index is 12.5. The molecule has 5 nitrogen and oxygen atoms in total. The fourth-order valence-corrected chi connectivity index (χ4v) is 3.53. The molecule has 1 saturated heterocycles. The number of nitrogens with one attached hydrogen (secondary N) is 1. The van der Waals surface area contributed by atoms with Gasteiger partial charge in [-0.25, -0.2) is 0 Å². The summed E-state index contributed by atoms with van der Waals surface area (Å²) in [5.74, 6) is -0.355. The Hall–Kier alpha value is -2.84. The molecule has 1 unspecified atom stereocenters. The molecule has 0 saturated carbocycles. The summed E-state index contributed by atoms with van der Waals surface area (Å²) in [4.78, 5) is 12.5. The molecule has 2 aromatic rings. The molecule has 0 bridgehead atoms. The van der Waals surface area contributed by atoms with Crippen LogP contribution in [0.5, 0.6) is 0 Å². The number of hydrogen-bond donors (Lipinski definition) is 1. The Morgan fingerprint density at radius 1 is 1.32 bits per heavy atom. The lowest BCUT2D eigenvalue weighted by atomic mass is 10.1. The number of rotatable bonds is 6. The number of nitriles is 1. The first-order valence-electron chi connectivity index (χ1n) is 9.72. The maximum atomic E-state index is 12.5. The van der Waals surface area contributed by atoms with Crippen LogP contribution in [0.3, 0.4) is 0 Å². The van der Waals surface area contributed by atoms with Gasteiger partial charge in [0.2, 0.25) is 0 Å². The molecule has 1 aliphatic rings. The molecular formula is C23H27N3O2. The first-order chi connectivity index (χ1) is 13.5. The van der Waals surface area contributed by atoms with Crippen LogP contribution in [-0.2, 0) is 22.6 Å². The van der Waals surface area contributed by atoms with E-state index >= 15 is 0 Å². The van der Waals surface area contributed by atoms with Crippen LogP contribution in [0.1, 0.15) is 40.9 Å². The van der Waals surface area contributed by atoms with Gasteiger partial charge in [0, 0.05) is 31.1 Å². The summed E-state index contributed by atoms with van der Waals surface area (Å²) < 4.78 is 7.95. The van der Waals surface area contributed by atoms with Crippen molar-refractivity contribution in [2.75, 3.05) is 6.61 Å². The van der Waals surface area contributed by atoms with Gasteiger partial charge in [-0.1, -0.05) is 29.8 Å². The second-order valence-electron chi connectivity index (χ2n) is 7.41. The topological polar surface area (TPSA) is 67.0 Å². The van der Waals surface area contributed by atoms with Gasteiger partial charge in [-0.15, -0.1) is 0 Å². The summed E-state index contributed by atoms with van der Waals surface area (Å²) in [6.07, 6.45) is 4.11. The zero-order valence-electron chi connectivity index (χ0n) is 16.8. The lowest BCUT2D eigenvalue weighted by molar-refractivity contribution is -0.117. The van der Waals surface area contributed by atoms with Crippen LogP contribution in [0.2, 0.25) is 0 Å². The van der Waals surface area contributed by atoms with Gasteiger partial charge < -0.3 is 14.6 Å². The number of benzene rings is 1. The molecule has 5 heteroatoms. The van der Waals surface area contributed by atoms with Crippen LogP contribution >= 0.6 is 0 Å². The number of hydrogen-bond acceptors (Lipinski definition) is 3. The van der Waals surface area contributed by atoms with Crippen molar-refractivity contribution in [3.05, 3.63) is 64.0 Å². The Morgan fingerprint density at radius 3 is 2.71 bits per heavy atom. The molecule has 0 aliphatic carbocycles. The quantitative estimate of drug-likeness (QED) is 0.615. The van der Waals surface area contributed by atoms with E-state index in [1.165, 1.54) is 5.56 Å². The highest BCUT2D eigenvalue weighted by atomic mass is 16.5. The van der Waals surface area contributed by atoms with E-state index in [-0.39, 0.29) is 17.6 Å². The third-order valence-corrected chi connectivity index (χ3v) is 5.26. The number of carbonyl (C=O) groups is 1. The molecule has 28 heavy (non-hydrogen) atoms. The average Bonchev–Trinajstić information content (AvgIpc) is 3.29.